The van der Waals surface area contributed by atoms with Crippen molar-refractivity contribution in [1.29, 1.82) is 0 Å². The molecule has 8 heteroatoms. The number of nitrogens with one attached hydrogen (secondary N) is 2. The van der Waals surface area contributed by atoms with Gasteiger partial charge in [-0.15, -0.1) is 0 Å². The van der Waals surface area contributed by atoms with Gasteiger partial charge in [0.05, 0.1) is 0 Å². The van der Waals surface area contributed by atoms with Gasteiger partial charge in [0.1, 0.15) is 11.4 Å². The SMILES string of the molecule is CCCc1ccc(Nc2nc(Nc3ccc(I)cc3)ncc2C(F)(F)F)cc1. The van der Waals surface area contributed by atoms with E-state index in [0.717, 1.165) is 28.2 Å². The van der Waals surface area contributed by atoms with Crippen molar-refractivity contribution in [2.45, 2.75) is 25.9 Å². The van der Waals surface area contributed by atoms with Crippen molar-refractivity contribution in [3.63, 3.8) is 0 Å². The highest BCUT2D eigenvalue weighted by Crippen LogP contribution is 2.35. The van der Waals surface area contributed by atoms with Crippen molar-refractivity contribution < 1.29 is 13.2 Å². The van der Waals surface area contributed by atoms with Crippen LogP contribution in [-0.2, 0) is 12.6 Å². The minimum atomic E-state index is -4.56. The molecule has 0 bridgehead atoms. The molecule has 0 fully saturated rings. The highest BCUT2D eigenvalue weighted by molar-refractivity contribution is 14.1. The van der Waals surface area contributed by atoms with E-state index in [2.05, 4.69) is 50.1 Å². The molecule has 0 aliphatic rings. The van der Waals surface area contributed by atoms with Gasteiger partial charge in [-0.2, -0.15) is 18.2 Å². The summed E-state index contributed by atoms with van der Waals surface area (Å²) in [6.45, 7) is 2.07. The van der Waals surface area contributed by atoms with Gasteiger partial charge in [0.15, 0.2) is 0 Å². The predicted octanol–water partition coefficient (Wildman–Crippen LogP) is 6.54. The summed E-state index contributed by atoms with van der Waals surface area (Å²) in [5.74, 6) is -0.210. The van der Waals surface area contributed by atoms with Crippen LogP contribution in [0.1, 0.15) is 24.5 Å². The minimum absolute atomic E-state index is 0.0827. The Balaban J connectivity index is 1.88. The number of rotatable bonds is 6. The predicted molar refractivity (Wildman–Crippen MR) is 113 cm³/mol. The first-order valence-electron chi connectivity index (χ1n) is 8.68. The topological polar surface area (TPSA) is 49.8 Å². The van der Waals surface area contributed by atoms with E-state index in [1.807, 2.05) is 36.4 Å². The second-order valence-corrected chi connectivity index (χ2v) is 7.40. The Morgan fingerprint density at radius 3 is 2.14 bits per heavy atom. The van der Waals surface area contributed by atoms with Crippen LogP contribution < -0.4 is 10.6 Å². The molecule has 3 aromatic rings. The maximum absolute atomic E-state index is 13.4. The maximum Gasteiger partial charge on any atom is 0.421 e. The van der Waals surface area contributed by atoms with Gasteiger partial charge in [0, 0.05) is 21.1 Å². The fourth-order valence-corrected chi connectivity index (χ4v) is 2.95. The molecule has 28 heavy (non-hydrogen) atoms. The third-order valence-electron chi connectivity index (χ3n) is 3.95. The number of halogens is 4. The second kappa shape index (κ2) is 8.76. The Hall–Kier alpha value is -2.36. The number of hydrogen-bond acceptors (Lipinski definition) is 4. The first-order chi connectivity index (χ1) is 13.3. The summed E-state index contributed by atoms with van der Waals surface area (Å²) in [5, 5.41) is 5.70. The lowest BCUT2D eigenvalue weighted by atomic mass is 10.1. The van der Waals surface area contributed by atoms with E-state index < -0.39 is 11.7 Å². The Kier molecular flexibility index (Phi) is 6.38. The maximum atomic E-state index is 13.4. The molecule has 3 rings (SSSR count). The molecule has 0 amide bonds. The van der Waals surface area contributed by atoms with Gasteiger partial charge < -0.3 is 10.6 Å². The molecule has 4 nitrogen and oxygen atoms in total. The van der Waals surface area contributed by atoms with Crippen molar-refractivity contribution >= 4 is 45.7 Å². The molecule has 0 unspecified atom stereocenters. The normalized spacial score (nSPS) is 11.3. The molecule has 1 aromatic heterocycles. The lowest BCUT2D eigenvalue weighted by Gasteiger charge is -2.15. The Labute approximate surface area is 174 Å². The van der Waals surface area contributed by atoms with Crippen molar-refractivity contribution in [2.75, 3.05) is 10.6 Å². The lowest BCUT2D eigenvalue weighted by molar-refractivity contribution is -0.137. The third kappa shape index (κ3) is 5.34. The molecule has 0 saturated carbocycles. The molecule has 1 heterocycles. The number of benzene rings is 2. The van der Waals surface area contributed by atoms with Crippen molar-refractivity contribution in [3.8, 4) is 0 Å². The summed E-state index contributed by atoms with van der Waals surface area (Å²) >= 11 is 2.17. The Morgan fingerprint density at radius 2 is 1.54 bits per heavy atom. The van der Waals surface area contributed by atoms with Crippen LogP contribution in [0.4, 0.5) is 36.3 Å². The van der Waals surface area contributed by atoms with Crippen molar-refractivity contribution in [1.82, 2.24) is 9.97 Å². The molecule has 146 valence electrons. The summed E-state index contributed by atoms with van der Waals surface area (Å²) in [6.07, 6.45) is -1.85. The van der Waals surface area contributed by atoms with Crippen LogP contribution in [0.25, 0.3) is 0 Å². The van der Waals surface area contributed by atoms with Crippen LogP contribution in [0.2, 0.25) is 0 Å². The van der Waals surface area contributed by atoms with Crippen LogP contribution in [0.3, 0.4) is 0 Å². The zero-order chi connectivity index (χ0) is 20.1. The summed E-state index contributed by atoms with van der Waals surface area (Å²) < 4.78 is 41.2. The van der Waals surface area contributed by atoms with E-state index in [4.69, 9.17) is 0 Å². The van der Waals surface area contributed by atoms with Gasteiger partial charge in [-0.3, -0.25) is 0 Å². The quantitative estimate of drug-likeness (QED) is 0.379. The van der Waals surface area contributed by atoms with Crippen molar-refractivity contribution in [3.05, 3.63) is 69.4 Å². The Bertz CT molecular complexity index is 926. The number of hydrogen-bond donors (Lipinski definition) is 2. The Morgan fingerprint density at radius 1 is 0.929 bits per heavy atom. The molecule has 0 aliphatic carbocycles. The number of anilines is 4. The first kappa shape index (κ1) is 20.4. The largest absolute Gasteiger partial charge is 0.421 e. The standard InChI is InChI=1S/C20H18F3IN4/c1-2-3-13-4-8-15(9-5-13)26-18-17(20(21,22)23)12-25-19(28-18)27-16-10-6-14(24)7-11-16/h4-12H,2-3H2,1H3,(H2,25,26,27,28). The van der Waals surface area contributed by atoms with Gasteiger partial charge in [-0.1, -0.05) is 25.5 Å². The van der Waals surface area contributed by atoms with Crippen LogP contribution >= 0.6 is 22.6 Å². The average molecular weight is 498 g/mol. The van der Waals surface area contributed by atoms with Crippen LogP contribution in [-0.4, -0.2) is 9.97 Å². The molecular formula is C20H18F3IN4. The zero-order valence-electron chi connectivity index (χ0n) is 15.0. The minimum Gasteiger partial charge on any atom is -0.340 e. The highest BCUT2D eigenvalue weighted by Gasteiger charge is 2.35. The van der Waals surface area contributed by atoms with Gasteiger partial charge >= 0.3 is 6.18 Å². The van der Waals surface area contributed by atoms with E-state index >= 15 is 0 Å². The van der Waals surface area contributed by atoms with E-state index in [1.54, 1.807) is 12.1 Å². The summed E-state index contributed by atoms with van der Waals surface area (Å²) in [7, 11) is 0. The molecule has 0 atom stereocenters. The molecular weight excluding hydrogens is 480 g/mol. The summed E-state index contributed by atoms with van der Waals surface area (Å²) in [6, 6.07) is 14.7. The molecule has 0 aliphatic heterocycles. The first-order valence-corrected chi connectivity index (χ1v) is 9.76. The van der Waals surface area contributed by atoms with Gasteiger partial charge in [0.2, 0.25) is 5.95 Å². The van der Waals surface area contributed by atoms with Crippen LogP contribution in [0.15, 0.2) is 54.7 Å². The number of nitrogens with zero attached hydrogens (tertiary/aromatic N) is 2. The molecule has 0 radical (unpaired) electrons. The van der Waals surface area contributed by atoms with Crippen LogP contribution in [0.5, 0.6) is 0 Å². The molecule has 2 N–H and O–H groups in total. The summed E-state index contributed by atoms with van der Waals surface area (Å²) in [5.41, 5.74) is 1.44. The van der Waals surface area contributed by atoms with E-state index in [-0.39, 0.29) is 11.8 Å². The number of aromatic nitrogens is 2. The third-order valence-corrected chi connectivity index (χ3v) is 4.67. The van der Waals surface area contributed by atoms with Crippen LogP contribution in [0, 0.1) is 3.57 Å². The van der Waals surface area contributed by atoms with Gasteiger partial charge in [-0.25, -0.2) is 4.98 Å². The molecule has 0 spiro atoms. The van der Waals surface area contributed by atoms with Gasteiger partial charge in [0.25, 0.3) is 0 Å². The zero-order valence-corrected chi connectivity index (χ0v) is 17.2. The van der Waals surface area contributed by atoms with E-state index in [9.17, 15) is 13.2 Å². The highest BCUT2D eigenvalue weighted by atomic mass is 127. The van der Waals surface area contributed by atoms with E-state index in [0.29, 0.717) is 11.4 Å². The average Bonchev–Trinajstić information content (AvgIpc) is 2.65. The van der Waals surface area contributed by atoms with Gasteiger partial charge in [-0.05, 0) is 71.0 Å². The molecule has 2 aromatic carbocycles. The summed E-state index contributed by atoms with van der Waals surface area (Å²) in [4.78, 5) is 7.88. The van der Waals surface area contributed by atoms with E-state index in [1.165, 1.54) is 0 Å². The monoisotopic (exact) mass is 498 g/mol. The smallest absolute Gasteiger partial charge is 0.340 e. The number of alkyl halides is 3. The fourth-order valence-electron chi connectivity index (χ4n) is 2.59. The van der Waals surface area contributed by atoms with Crippen molar-refractivity contribution in [2.24, 2.45) is 0 Å². The fraction of sp³-hybridized carbons (Fsp3) is 0.200. The second-order valence-electron chi connectivity index (χ2n) is 6.16. The molecule has 0 saturated heterocycles. The lowest BCUT2D eigenvalue weighted by Crippen LogP contribution is -2.12. The number of aryl methyl sites for hydroxylation is 1.